The number of rotatable bonds is 1. The molecule has 2 aromatic rings. The molecule has 0 saturated carbocycles. The van der Waals surface area contributed by atoms with Crippen LogP contribution in [0.3, 0.4) is 0 Å². The van der Waals surface area contributed by atoms with Crippen LogP contribution in [0.4, 0.5) is 52.7 Å². The Bertz CT molecular complexity index is 1070. The molecule has 35 heavy (non-hydrogen) atoms. The Morgan fingerprint density at radius 1 is 0.571 bits per heavy atom. The van der Waals surface area contributed by atoms with Crippen LogP contribution < -0.4 is 15.7 Å². The number of nitrogens with one attached hydrogen (secondary N) is 1. The van der Waals surface area contributed by atoms with E-state index >= 15 is 0 Å². The zero-order valence-electron chi connectivity index (χ0n) is 16.9. The third kappa shape index (κ3) is 2.75. The van der Waals surface area contributed by atoms with Crippen LogP contribution in [-0.4, -0.2) is 31.8 Å². The van der Waals surface area contributed by atoms with E-state index in [1.165, 1.54) is 0 Å². The van der Waals surface area contributed by atoms with Gasteiger partial charge < -0.3 is 0 Å². The first-order valence-electron chi connectivity index (χ1n) is 9.37. The molecule has 194 valence electrons. The molecule has 2 heterocycles. The predicted molar refractivity (Wildman–Crippen MR) is 97.9 cm³/mol. The van der Waals surface area contributed by atoms with Gasteiger partial charge in [-0.05, 0) is 0 Å². The summed E-state index contributed by atoms with van der Waals surface area (Å²) in [5.74, 6) is 0. The fourth-order valence-corrected chi connectivity index (χ4v) is 9.75. The molecule has 0 amide bonds. The standard InChI is InChI=1S/C19H12F12NO2P/c1-32-35(12-8-4-2-6-10(12)14(33-35,16(20,21)22)17(23,24)25)13-9-5-3-7-11(13)15(34-35,18(26,27)28)19(29,30)31/h2-9,32H,1H3. The first-order valence-corrected chi connectivity index (χ1v) is 11.4. The summed E-state index contributed by atoms with van der Waals surface area (Å²) >= 11 is 0. The van der Waals surface area contributed by atoms with Gasteiger partial charge in [0.15, 0.2) is 0 Å². The summed E-state index contributed by atoms with van der Waals surface area (Å²) in [6, 6.07) is 4.75. The molecule has 2 aliphatic rings. The number of alkyl halides is 12. The molecule has 0 unspecified atom stereocenters. The van der Waals surface area contributed by atoms with Crippen LogP contribution in [0, 0.1) is 0 Å². The molecule has 0 saturated heterocycles. The molecule has 0 bridgehead atoms. The van der Waals surface area contributed by atoms with E-state index in [4.69, 9.17) is 0 Å². The van der Waals surface area contributed by atoms with Gasteiger partial charge in [0.05, 0.1) is 0 Å². The Kier molecular flexibility index (Phi) is 5.06. The third-order valence-electron chi connectivity index (χ3n) is 6.07. The normalized spacial score (nSPS) is 23.4. The van der Waals surface area contributed by atoms with Crippen molar-refractivity contribution in [3.05, 3.63) is 59.7 Å². The second-order valence-electron chi connectivity index (χ2n) is 7.75. The van der Waals surface area contributed by atoms with E-state index < -0.39 is 64.9 Å². The van der Waals surface area contributed by atoms with Crippen molar-refractivity contribution in [3.8, 4) is 0 Å². The molecule has 1 spiro atoms. The molecular formula is C19H12F12NO2P. The fourth-order valence-electron chi connectivity index (χ4n) is 4.69. The van der Waals surface area contributed by atoms with E-state index in [1.807, 2.05) is 5.09 Å². The van der Waals surface area contributed by atoms with Crippen molar-refractivity contribution in [1.29, 1.82) is 0 Å². The SMILES string of the molecule is CNP12(OC(C(F)(F)F)(C(F)(F)F)c3ccccc31)OC(C(F)(F)F)(C(F)(F)F)c1ccccc12. The van der Waals surface area contributed by atoms with Gasteiger partial charge in [0, 0.05) is 0 Å². The van der Waals surface area contributed by atoms with E-state index in [9.17, 15) is 52.7 Å². The van der Waals surface area contributed by atoms with Crippen molar-refractivity contribution in [1.82, 2.24) is 5.09 Å². The Morgan fingerprint density at radius 2 is 0.857 bits per heavy atom. The van der Waals surface area contributed by atoms with Gasteiger partial charge in [0.2, 0.25) is 0 Å². The summed E-state index contributed by atoms with van der Waals surface area (Å²) < 4.78 is 180. The maximum absolute atomic E-state index is 14.2. The minimum absolute atomic E-state index is 0.280. The van der Waals surface area contributed by atoms with Crippen LogP contribution in [0.1, 0.15) is 11.1 Å². The first kappa shape index (κ1) is 26.0. The molecule has 2 aliphatic heterocycles. The molecule has 4 rings (SSSR count). The van der Waals surface area contributed by atoms with Gasteiger partial charge in [-0.3, -0.25) is 0 Å². The summed E-state index contributed by atoms with van der Waals surface area (Å²) in [6.07, 6.45) is -25.5. The Balaban J connectivity index is 2.27. The number of benzene rings is 2. The molecule has 0 atom stereocenters. The van der Waals surface area contributed by atoms with Crippen LogP contribution in [0.5, 0.6) is 0 Å². The van der Waals surface area contributed by atoms with Crippen molar-refractivity contribution in [2.75, 3.05) is 7.05 Å². The van der Waals surface area contributed by atoms with Crippen molar-refractivity contribution in [2.24, 2.45) is 0 Å². The first-order chi connectivity index (χ1) is 15.8. The molecule has 0 aromatic heterocycles. The average molecular weight is 545 g/mol. The van der Waals surface area contributed by atoms with Crippen molar-refractivity contribution in [2.45, 2.75) is 35.9 Å². The van der Waals surface area contributed by atoms with E-state index in [0.29, 0.717) is 31.3 Å². The molecule has 1 N–H and O–H groups in total. The summed E-state index contributed by atoms with van der Waals surface area (Å²) in [5, 5.41) is -0.654. The van der Waals surface area contributed by atoms with Gasteiger partial charge in [-0.25, -0.2) is 0 Å². The van der Waals surface area contributed by atoms with Gasteiger partial charge in [-0.2, -0.15) is 0 Å². The zero-order chi connectivity index (χ0) is 26.5. The van der Waals surface area contributed by atoms with Crippen LogP contribution >= 0.6 is 7.21 Å². The predicted octanol–water partition coefficient (Wildman–Crippen LogP) is 5.86. The van der Waals surface area contributed by atoms with E-state index in [1.54, 1.807) is 0 Å². The summed E-state index contributed by atoms with van der Waals surface area (Å²) in [6.45, 7) is 0. The number of hydrogen-bond acceptors (Lipinski definition) is 3. The molecule has 0 aliphatic carbocycles. The molecule has 0 fully saturated rings. The third-order valence-corrected chi connectivity index (χ3v) is 10.7. The van der Waals surface area contributed by atoms with Gasteiger partial charge in [0.25, 0.3) is 0 Å². The van der Waals surface area contributed by atoms with Crippen molar-refractivity contribution in [3.63, 3.8) is 0 Å². The quantitative estimate of drug-likeness (QED) is 0.360. The topological polar surface area (TPSA) is 30.5 Å². The van der Waals surface area contributed by atoms with Gasteiger partial charge >= 0.3 is 187 Å². The van der Waals surface area contributed by atoms with Crippen molar-refractivity contribution >= 4 is 17.8 Å². The van der Waals surface area contributed by atoms with Crippen LogP contribution in [0.15, 0.2) is 48.5 Å². The van der Waals surface area contributed by atoms with Crippen LogP contribution in [-0.2, 0) is 20.2 Å². The minimum atomic E-state index is -6.70. The Labute approximate surface area is 188 Å². The van der Waals surface area contributed by atoms with E-state index in [-0.39, 0.29) is 12.1 Å². The molecule has 0 radical (unpaired) electrons. The molecule has 2 aromatic carbocycles. The number of halogens is 12. The Hall–Kier alpha value is -2.09. The van der Waals surface area contributed by atoms with Gasteiger partial charge in [-0.1, -0.05) is 0 Å². The average Bonchev–Trinajstić information content (AvgIpc) is 3.17. The second-order valence-corrected chi connectivity index (χ2v) is 11.4. The molecular weight excluding hydrogens is 533 g/mol. The zero-order valence-corrected chi connectivity index (χ0v) is 17.8. The van der Waals surface area contributed by atoms with E-state index in [2.05, 4.69) is 9.05 Å². The summed E-state index contributed by atoms with van der Waals surface area (Å²) in [5.41, 5.74) is -14.1. The number of fused-ring (bicyclic) bond motifs is 4. The molecule has 16 heteroatoms. The maximum atomic E-state index is 14.2. The fraction of sp³-hybridized carbons (Fsp3) is 0.368. The van der Waals surface area contributed by atoms with Crippen LogP contribution in [0.2, 0.25) is 0 Å². The summed E-state index contributed by atoms with van der Waals surface area (Å²) in [4.78, 5) is 0. The van der Waals surface area contributed by atoms with Crippen molar-refractivity contribution < 1.29 is 61.7 Å². The second kappa shape index (κ2) is 6.81. The summed E-state index contributed by atoms with van der Waals surface area (Å²) in [7, 11) is -6.12. The number of hydrogen-bond donors (Lipinski definition) is 1. The van der Waals surface area contributed by atoms with E-state index in [0.717, 1.165) is 12.1 Å². The van der Waals surface area contributed by atoms with Crippen LogP contribution in [0.25, 0.3) is 0 Å². The Morgan fingerprint density at radius 3 is 1.11 bits per heavy atom. The monoisotopic (exact) mass is 545 g/mol. The molecule has 3 nitrogen and oxygen atoms in total. The van der Waals surface area contributed by atoms with Gasteiger partial charge in [0.1, 0.15) is 0 Å². The van der Waals surface area contributed by atoms with Gasteiger partial charge in [-0.15, -0.1) is 0 Å².